The van der Waals surface area contributed by atoms with Crippen LogP contribution in [0, 0.1) is 5.92 Å². The number of hydrogen-bond donors (Lipinski definition) is 1. The minimum atomic E-state index is -4.54. The van der Waals surface area contributed by atoms with Crippen LogP contribution in [-0.2, 0) is 12.4 Å². The van der Waals surface area contributed by atoms with E-state index in [0.717, 1.165) is 36.4 Å². The number of hydrogen-bond acceptors (Lipinski definition) is 4. The Balaban J connectivity index is 1.85. The predicted octanol–water partition coefficient (Wildman–Crippen LogP) is 6.29. The summed E-state index contributed by atoms with van der Waals surface area (Å²) in [7, 11) is 0. The zero-order valence-corrected chi connectivity index (χ0v) is 17.5. The lowest BCUT2D eigenvalue weighted by Gasteiger charge is -2.21. The van der Waals surface area contributed by atoms with Crippen LogP contribution in [0.1, 0.15) is 53.7 Å². The van der Waals surface area contributed by atoms with E-state index in [9.17, 15) is 31.1 Å². The number of amides is 1. The second-order valence-corrected chi connectivity index (χ2v) is 7.45. The Morgan fingerprint density at radius 2 is 1.64 bits per heavy atom. The molecule has 2 atom stereocenters. The van der Waals surface area contributed by atoms with Crippen molar-refractivity contribution in [2.75, 3.05) is 0 Å². The van der Waals surface area contributed by atoms with E-state index in [1.807, 2.05) is 6.92 Å². The molecule has 5 nitrogen and oxygen atoms in total. The molecule has 0 spiro atoms. The van der Waals surface area contributed by atoms with Gasteiger partial charge in [0.15, 0.2) is 0 Å². The lowest BCUT2D eigenvalue weighted by molar-refractivity contribution is -0.138. The molecule has 0 aliphatic carbocycles. The van der Waals surface area contributed by atoms with Gasteiger partial charge in [0, 0.05) is 11.1 Å². The molecule has 0 saturated carbocycles. The van der Waals surface area contributed by atoms with E-state index in [4.69, 9.17) is 4.52 Å². The molecule has 0 aliphatic heterocycles. The fourth-order valence-electron chi connectivity index (χ4n) is 3.03. The minimum absolute atomic E-state index is 0.00563. The number of rotatable bonds is 6. The van der Waals surface area contributed by atoms with Gasteiger partial charge in [-0.05, 0) is 42.3 Å². The topological polar surface area (TPSA) is 68.0 Å². The Bertz CT molecular complexity index is 1110. The first kappa shape index (κ1) is 24.3. The number of nitrogens with one attached hydrogen (secondary N) is 1. The van der Waals surface area contributed by atoms with Crippen molar-refractivity contribution >= 4 is 5.91 Å². The van der Waals surface area contributed by atoms with Crippen LogP contribution in [0.4, 0.5) is 26.3 Å². The SMILES string of the molecule is CCC(C)C(NC(=O)c1ccc(C(F)(F)F)cc1)c1nc(-c2cccc(C(F)(F)F)c2)no1. The number of nitrogens with zero attached hydrogens (tertiary/aromatic N) is 2. The molecule has 176 valence electrons. The summed E-state index contributed by atoms with van der Waals surface area (Å²) in [6, 6.07) is 7.29. The van der Waals surface area contributed by atoms with Gasteiger partial charge in [-0.25, -0.2) is 0 Å². The molecule has 33 heavy (non-hydrogen) atoms. The molecule has 11 heteroatoms. The largest absolute Gasteiger partial charge is 0.416 e. The molecule has 0 aliphatic rings. The Labute approximate surface area is 184 Å². The monoisotopic (exact) mass is 471 g/mol. The number of carbonyl (C=O) groups excluding carboxylic acids is 1. The van der Waals surface area contributed by atoms with Gasteiger partial charge in [0.1, 0.15) is 6.04 Å². The standard InChI is InChI=1S/C22H19F6N3O2/c1-3-12(2)17(29-19(32)13-7-9-15(10-8-13)21(23,24)25)20-30-18(31-33-20)14-5-4-6-16(11-14)22(26,27)28/h4-12,17H,3H2,1-2H3,(H,29,32). The van der Waals surface area contributed by atoms with Gasteiger partial charge in [-0.1, -0.05) is 37.6 Å². The van der Waals surface area contributed by atoms with Crippen LogP contribution in [0.3, 0.4) is 0 Å². The smallest absolute Gasteiger partial charge is 0.340 e. The van der Waals surface area contributed by atoms with E-state index in [1.54, 1.807) is 6.92 Å². The van der Waals surface area contributed by atoms with Crippen molar-refractivity contribution in [3.05, 3.63) is 71.1 Å². The summed E-state index contributed by atoms with van der Waals surface area (Å²) in [5, 5.41) is 6.40. The zero-order chi connectivity index (χ0) is 24.4. The highest BCUT2D eigenvalue weighted by atomic mass is 19.4. The highest BCUT2D eigenvalue weighted by molar-refractivity contribution is 5.94. The van der Waals surface area contributed by atoms with Crippen LogP contribution in [0.15, 0.2) is 53.1 Å². The van der Waals surface area contributed by atoms with Gasteiger partial charge in [0.25, 0.3) is 5.91 Å². The maximum absolute atomic E-state index is 13.0. The number of benzene rings is 2. The maximum atomic E-state index is 13.0. The third-order valence-corrected chi connectivity index (χ3v) is 5.13. The van der Waals surface area contributed by atoms with Crippen molar-refractivity contribution in [1.29, 1.82) is 0 Å². The summed E-state index contributed by atoms with van der Waals surface area (Å²) in [6.45, 7) is 3.62. The summed E-state index contributed by atoms with van der Waals surface area (Å²) in [6.07, 6.45) is -8.51. The normalized spacial score (nSPS) is 14.1. The second-order valence-electron chi connectivity index (χ2n) is 7.45. The Kier molecular flexibility index (Phi) is 6.80. The summed E-state index contributed by atoms with van der Waals surface area (Å²) in [5.41, 5.74) is -1.69. The summed E-state index contributed by atoms with van der Waals surface area (Å²) >= 11 is 0. The number of alkyl halides is 6. The molecular weight excluding hydrogens is 452 g/mol. The quantitative estimate of drug-likeness (QED) is 0.429. The van der Waals surface area contributed by atoms with E-state index >= 15 is 0 Å². The van der Waals surface area contributed by atoms with E-state index < -0.39 is 35.4 Å². The van der Waals surface area contributed by atoms with Crippen molar-refractivity contribution in [3.63, 3.8) is 0 Å². The molecule has 2 aromatic carbocycles. The Morgan fingerprint density at radius 3 is 2.21 bits per heavy atom. The third-order valence-electron chi connectivity index (χ3n) is 5.13. The van der Waals surface area contributed by atoms with Gasteiger partial charge in [-0.3, -0.25) is 4.79 Å². The minimum Gasteiger partial charge on any atom is -0.340 e. The predicted molar refractivity (Wildman–Crippen MR) is 106 cm³/mol. The molecule has 3 rings (SSSR count). The fourth-order valence-corrected chi connectivity index (χ4v) is 3.03. The molecular formula is C22H19F6N3O2. The molecule has 1 amide bonds. The van der Waals surface area contributed by atoms with Crippen molar-refractivity contribution < 1.29 is 35.7 Å². The molecule has 0 bridgehead atoms. The molecule has 1 N–H and O–H groups in total. The van der Waals surface area contributed by atoms with Crippen LogP contribution < -0.4 is 5.32 Å². The lowest BCUT2D eigenvalue weighted by atomic mass is 9.98. The molecule has 0 radical (unpaired) electrons. The molecule has 3 aromatic rings. The third kappa shape index (κ3) is 5.71. The summed E-state index contributed by atoms with van der Waals surface area (Å²) < 4.78 is 82.4. The Hall–Kier alpha value is -3.37. The van der Waals surface area contributed by atoms with E-state index in [0.29, 0.717) is 6.42 Å². The van der Waals surface area contributed by atoms with Crippen LogP contribution in [-0.4, -0.2) is 16.0 Å². The fraction of sp³-hybridized carbons (Fsp3) is 0.318. The van der Waals surface area contributed by atoms with Crippen molar-refractivity contribution in [2.45, 2.75) is 38.7 Å². The van der Waals surface area contributed by atoms with Crippen molar-refractivity contribution in [2.24, 2.45) is 5.92 Å². The number of carbonyl (C=O) groups is 1. The van der Waals surface area contributed by atoms with Crippen molar-refractivity contribution in [1.82, 2.24) is 15.5 Å². The first-order valence-corrected chi connectivity index (χ1v) is 9.89. The van der Waals surface area contributed by atoms with Gasteiger partial charge in [0.2, 0.25) is 11.7 Å². The number of halogens is 6. The van der Waals surface area contributed by atoms with Gasteiger partial charge < -0.3 is 9.84 Å². The van der Waals surface area contributed by atoms with Crippen LogP contribution in [0.25, 0.3) is 11.4 Å². The molecule has 1 heterocycles. The first-order chi connectivity index (χ1) is 15.4. The maximum Gasteiger partial charge on any atom is 0.416 e. The first-order valence-electron chi connectivity index (χ1n) is 9.89. The van der Waals surface area contributed by atoms with Gasteiger partial charge in [0.05, 0.1) is 11.1 Å². The highest BCUT2D eigenvalue weighted by Crippen LogP contribution is 2.33. The molecule has 2 unspecified atom stereocenters. The molecule has 1 aromatic heterocycles. The van der Waals surface area contributed by atoms with Crippen molar-refractivity contribution in [3.8, 4) is 11.4 Å². The molecule has 0 fully saturated rings. The zero-order valence-electron chi connectivity index (χ0n) is 17.5. The van der Waals surface area contributed by atoms with Gasteiger partial charge >= 0.3 is 12.4 Å². The van der Waals surface area contributed by atoms with E-state index in [1.165, 1.54) is 12.1 Å². The van der Waals surface area contributed by atoms with E-state index in [-0.39, 0.29) is 28.8 Å². The van der Waals surface area contributed by atoms with Crippen LogP contribution in [0.5, 0.6) is 0 Å². The highest BCUT2D eigenvalue weighted by Gasteiger charge is 2.32. The molecule has 0 saturated heterocycles. The summed E-state index contributed by atoms with van der Waals surface area (Å²) in [4.78, 5) is 16.8. The van der Waals surface area contributed by atoms with E-state index in [2.05, 4.69) is 15.5 Å². The Morgan fingerprint density at radius 1 is 1.00 bits per heavy atom. The second kappa shape index (κ2) is 9.24. The van der Waals surface area contributed by atoms with Gasteiger partial charge in [-0.2, -0.15) is 31.3 Å². The number of aromatic nitrogens is 2. The van der Waals surface area contributed by atoms with Gasteiger partial charge in [-0.15, -0.1) is 0 Å². The van der Waals surface area contributed by atoms with Crippen LogP contribution >= 0.6 is 0 Å². The average molecular weight is 471 g/mol. The van der Waals surface area contributed by atoms with Crippen LogP contribution in [0.2, 0.25) is 0 Å². The summed E-state index contributed by atoms with van der Waals surface area (Å²) in [5.74, 6) is -1.00. The average Bonchev–Trinajstić information content (AvgIpc) is 3.26. The lowest BCUT2D eigenvalue weighted by Crippen LogP contribution is -2.32.